The zero-order chi connectivity index (χ0) is 22.0. The van der Waals surface area contributed by atoms with Crippen LogP contribution in [0.3, 0.4) is 0 Å². The number of hydrogen-bond acceptors (Lipinski definition) is 4. The average molecular weight is 414 g/mol. The number of ether oxygens (including phenoxy) is 2. The zero-order valence-electron chi connectivity index (χ0n) is 18.1. The van der Waals surface area contributed by atoms with Gasteiger partial charge in [0.15, 0.2) is 0 Å². The summed E-state index contributed by atoms with van der Waals surface area (Å²) in [4.78, 5) is 23.9. The third kappa shape index (κ3) is 8.96. The lowest BCUT2D eigenvalue weighted by Gasteiger charge is -2.19. The summed E-state index contributed by atoms with van der Waals surface area (Å²) in [7, 11) is 1.60. The molecule has 0 aromatic heterocycles. The van der Waals surface area contributed by atoms with E-state index in [0.717, 1.165) is 22.4 Å². The lowest BCUT2D eigenvalue weighted by molar-refractivity contribution is -0.120. The first-order valence-electron chi connectivity index (χ1n) is 9.88. The van der Waals surface area contributed by atoms with E-state index in [1.54, 1.807) is 7.11 Å². The van der Waals surface area contributed by atoms with Crippen LogP contribution in [0.2, 0.25) is 0 Å². The maximum atomic E-state index is 12.0. The number of hydrogen-bond donors (Lipinski definition) is 3. The van der Waals surface area contributed by atoms with Crippen molar-refractivity contribution in [3.63, 3.8) is 0 Å². The Morgan fingerprint density at radius 1 is 0.867 bits per heavy atom. The molecule has 0 unspecified atom stereocenters. The normalized spacial score (nSPS) is 10.9. The minimum absolute atomic E-state index is 0.0958. The second-order valence-corrected chi connectivity index (χ2v) is 7.88. The fraction of sp³-hybridized carbons (Fsp3) is 0.391. The van der Waals surface area contributed by atoms with E-state index in [-0.39, 0.29) is 18.1 Å². The minimum atomic E-state index is -0.397. The molecule has 0 radical (unpaired) electrons. The fourth-order valence-corrected chi connectivity index (χ4v) is 2.54. The van der Waals surface area contributed by atoms with E-state index < -0.39 is 6.03 Å². The number of benzene rings is 2. The van der Waals surface area contributed by atoms with Gasteiger partial charge in [0.2, 0.25) is 5.91 Å². The molecule has 0 aliphatic heterocycles. The van der Waals surface area contributed by atoms with E-state index in [4.69, 9.17) is 9.47 Å². The summed E-state index contributed by atoms with van der Waals surface area (Å²) in [6.45, 7) is 7.19. The van der Waals surface area contributed by atoms with Gasteiger partial charge in [-0.1, -0.05) is 36.4 Å². The van der Waals surface area contributed by atoms with Gasteiger partial charge in [0.25, 0.3) is 0 Å². The molecule has 2 aromatic carbocycles. The first-order valence-corrected chi connectivity index (χ1v) is 9.88. The Labute approximate surface area is 178 Å². The highest BCUT2D eigenvalue weighted by molar-refractivity contribution is 5.83. The summed E-state index contributed by atoms with van der Waals surface area (Å²) in [6, 6.07) is 14.9. The van der Waals surface area contributed by atoms with Gasteiger partial charge in [-0.3, -0.25) is 4.79 Å². The molecule has 0 saturated heterocycles. The largest absolute Gasteiger partial charge is 0.497 e. The number of amides is 3. The summed E-state index contributed by atoms with van der Waals surface area (Å²) in [6.07, 6.45) is 0. The first kappa shape index (κ1) is 23.2. The van der Waals surface area contributed by atoms with Gasteiger partial charge in [-0.15, -0.1) is 0 Å². The maximum absolute atomic E-state index is 12.0. The molecule has 3 N–H and O–H groups in total. The van der Waals surface area contributed by atoms with Gasteiger partial charge in [-0.2, -0.15) is 0 Å². The van der Waals surface area contributed by atoms with Crippen LogP contribution in [-0.2, 0) is 29.2 Å². The zero-order valence-corrected chi connectivity index (χ0v) is 18.1. The highest BCUT2D eigenvalue weighted by Crippen LogP contribution is 2.13. The van der Waals surface area contributed by atoms with E-state index in [1.807, 2.05) is 69.3 Å². The molecule has 2 aromatic rings. The molecule has 2 rings (SSSR count). The van der Waals surface area contributed by atoms with E-state index in [9.17, 15) is 9.59 Å². The summed E-state index contributed by atoms with van der Waals surface area (Å²) in [5.74, 6) is 0.498. The Morgan fingerprint density at radius 3 is 2.20 bits per heavy atom. The van der Waals surface area contributed by atoms with Crippen molar-refractivity contribution < 1.29 is 19.1 Å². The molecule has 0 saturated carbocycles. The molecule has 3 amide bonds. The van der Waals surface area contributed by atoms with Crippen LogP contribution < -0.4 is 20.7 Å². The van der Waals surface area contributed by atoms with Gasteiger partial charge >= 0.3 is 6.03 Å². The Kier molecular flexibility index (Phi) is 8.68. The quantitative estimate of drug-likeness (QED) is 0.589. The van der Waals surface area contributed by atoms with Crippen LogP contribution >= 0.6 is 0 Å². The van der Waals surface area contributed by atoms with Crippen LogP contribution in [0.15, 0.2) is 48.5 Å². The Morgan fingerprint density at radius 2 is 1.53 bits per heavy atom. The van der Waals surface area contributed by atoms with Crippen LogP contribution in [0, 0.1) is 0 Å². The molecule has 0 atom stereocenters. The summed E-state index contributed by atoms with van der Waals surface area (Å²) >= 11 is 0. The van der Waals surface area contributed by atoms with Crippen molar-refractivity contribution >= 4 is 11.9 Å². The van der Waals surface area contributed by atoms with Crippen LogP contribution in [-0.4, -0.2) is 31.2 Å². The van der Waals surface area contributed by atoms with Gasteiger partial charge in [0.05, 0.1) is 25.9 Å². The second-order valence-electron chi connectivity index (χ2n) is 7.88. The molecule has 30 heavy (non-hydrogen) atoms. The smallest absolute Gasteiger partial charge is 0.315 e. The van der Waals surface area contributed by atoms with Crippen molar-refractivity contribution in [1.29, 1.82) is 0 Å². The molecule has 162 valence electrons. The first-order chi connectivity index (χ1) is 14.2. The summed E-state index contributed by atoms with van der Waals surface area (Å²) in [5.41, 5.74) is 2.75. The summed E-state index contributed by atoms with van der Waals surface area (Å²) < 4.78 is 10.9. The van der Waals surface area contributed by atoms with Crippen molar-refractivity contribution in [1.82, 2.24) is 16.0 Å². The lowest BCUT2D eigenvalue weighted by atomic mass is 10.1. The van der Waals surface area contributed by atoms with Crippen molar-refractivity contribution in [2.75, 3.05) is 13.7 Å². The molecule has 0 heterocycles. The van der Waals surface area contributed by atoms with E-state index in [2.05, 4.69) is 16.0 Å². The van der Waals surface area contributed by atoms with Gasteiger partial charge in [-0.05, 0) is 49.6 Å². The predicted octanol–water partition coefficient (Wildman–Crippen LogP) is 3.13. The topological polar surface area (TPSA) is 88.7 Å². The number of carbonyl (C=O) groups excluding carboxylic acids is 2. The monoisotopic (exact) mass is 413 g/mol. The Hall–Kier alpha value is -3.06. The van der Waals surface area contributed by atoms with Crippen molar-refractivity contribution in [2.45, 2.75) is 46.1 Å². The van der Waals surface area contributed by atoms with E-state index in [0.29, 0.717) is 19.7 Å². The highest BCUT2D eigenvalue weighted by atomic mass is 16.5. The van der Waals surface area contributed by atoms with Gasteiger partial charge < -0.3 is 25.4 Å². The third-order valence-corrected chi connectivity index (χ3v) is 4.17. The standard InChI is InChI=1S/C23H31N3O4/c1-23(2,3)30-16-19-7-5-6-18(12-19)14-25-22(28)26-15-21(27)24-13-17-8-10-20(29-4)11-9-17/h5-12H,13-16H2,1-4H3,(H,24,27)(H2,25,26,28). The van der Waals surface area contributed by atoms with E-state index >= 15 is 0 Å². The van der Waals surface area contributed by atoms with Crippen molar-refractivity contribution in [3.8, 4) is 5.75 Å². The highest BCUT2D eigenvalue weighted by Gasteiger charge is 2.10. The molecule has 0 spiro atoms. The fourth-order valence-electron chi connectivity index (χ4n) is 2.54. The molecule has 0 fully saturated rings. The maximum Gasteiger partial charge on any atom is 0.315 e. The van der Waals surface area contributed by atoms with Gasteiger partial charge in [-0.25, -0.2) is 4.79 Å². The van der Waals surface area contributed by atoms with E-state index in [1.165, 1.54) is 0 Å². The number of nitrogens with one attached hydrogen (secondary N) is 3. The number of rotatable bonds is 9. The van der Waals surface area contributed by atoms with Crippen molar-refractivity contribution in [2.24, 2.45) is 0 Å². The molecule has 0 aliphatic rings. The number of urea groups is 1. The predicted molar refractivity (Wildman–Crippen MR) is 116 cm³/mol. The molecule has 0 bridgehead atoms. The lowest BCUT2D eigenvalue weighted by Crippen LogP contribution is -2.41. The molecule has 7 heteroatoms. The Bertz CT molecular complexity index is 829. The Balaban J connectivity index is 1.68. The number of methoxy groups -OCH3 is 1. The average Bonchev–Trinajstić information content (AvgIpc) is 2.73. The second kappa shape index (κ2) is 11.2. The van der Waals surface area contributed by atoms with Gasteiger partial charge in [0, 0.05) is 13.1 Å². The van der Waals surface area contributed by atoms with Crippen molar-refractivity contribution in [3.05, 3.63) is 65.2 Å². The molecular formula is C23H31N3O4. The molecule has 7 nitrogen and oxygen atoms in total. The third-order valence-electron chi connectivity index (χ3n) is 4.17. The van der Waals surface area contributed by atoms with Crippen LogP contribution in [0.1, 0.15) is 37.5 Å². The molecule has 0 aliphatic carbocycles. The summed E-state index contributed by atoms with van der Waals surface area (Å²) in [5, 5.41) is 8.08. The van der Waals surface area contributed by atoms with Crippen LogP contribution in [0.4, 0.5) is 4.79 Å². The molecular weight excluding hydrogens is 382 g/mol. The SMILES string of the molecule is COc1ccc(CNC(=O)CNC(=O)NCc2cccc(COC(C)(C)C)c2)cc1. The van der Waals surface area contributed by atoms with Crippen LogP contribution in [0.5, 0.6) is 5.75 Å². The van der Waals surface area contributed by atoms with Crippen LogP contribution in [0.25, 0.3) is 0 Å². The van der Waals surface area contributed by atoms with Gasteiger partial charge in [0.1, 0.15) is 5.75 Å². The minimum Gasteiger partial charge on any atom is -0.497 e. The number of carbonyl (C=O) groups is 2.